The van der Waals surface area contributed by atoms with Crippen LogP contribution in [0, 0.1) is 17.6 Å². The number of piperazine rings is 1. The molecule has 1 aromatic heterocycles. The van der Waals surface area contributed by atoms with Crippen molar-refractivity contribution in [2.24, 2.45) is 11.7 Å². The highest BCUT2D eigenvalue weighted by Gasteiger charge is 2.35. The molecule has 58 heavy (non-hydrogen) atoms. The van der Waals surface area contributed by atoms with Crippen molar-refractivity contribution in [1.82, 2.24) is 35.2 Å². The Labute approximate surface area is 335 Å². The quantitative estimate of drug-likeness (QED) is 0.274. The number of benzene rings is 2. The summed E-state index contributed by atoms with van der Waals surface area (Å²) in [6.45, 7) is 7.98. The van der Waals surface area contributed by atoms with E-state index in [0.29, 0.717) is 73.9 Å². The van der Waals surface area contributed by atoms with Crippen LogP contribution in [0.25, 0.3) is 0 Å². The summed E-state index contributed by atoms with van der Waals surface area (Å²) in [6.07, 6.45) is 3.70. The maximum Gasteiger partial charge on any atom is 0.328 e. The molecular weight excluding hydrogens is 753 g/mol. The number of carbonyl (C=O) groups is 4. The number of aromatic nitrogens is 3. The first-order valence-corrected chi connectivity index (χ1v) is 20.0. The van der Waals surface area contributed by atoms with Crippen LogP contribution >= 0.6 is 0 Å². The minimum absolute atomic E-state index is 0.00128. The van der Waals surface area contributed by atoms with Crippen molar-refractivity contribution in [3.63, 3.8) is 0 Å². The molecule has 17 nitrogen and oxygen atoms in total. The number of piperidine rings is 2. The molecule has 6 heterocycles. The molecule has 0 radical (unpaired) electrons. The fraction of sp³-hybridized carbons (Fsp3) is 0.513. The van der Waals surface area contributed by atoms with Crippen molar-refractivity contribution in [3.8, 4) is 0 Å². The predicted octanol–water partition coefficient (Wildman–Crippen LogP) is 2.81. The molecule has 3 aromatic rings. The normalized spacial score (nSPS) is 21.2. The van der Waals surface area contributed by atoms with Gasteiger partial charge in [-0.05, 0) is 68.0 Å². The van der Waals surface area contributed by atoms with Gasteiger partial charge in [-0.15, -0.1) is 10.2 Å². The largest absolute Gasteiger partial charge is 0.369 e. The first kappa shape index (κ1) is 39.0. The van der Waals surface area contributed by atoms with E-state index in [1.807, 2.05) is 19.6 Å². The number of likely N-dealkylation sites (N-methyl/N-ethyl adjacent to an activating group) is 1. The highest BCUT2D eigenvalue weighted by Crippen LogP contribution is 2.32. The number of anilines is 6. The molecule has 5 aliphatic heterocycles. The van der Waals surface area contributed by atoms with Gasteiger partial charge in [0.1, 0.15) is 11.6 Å². The van der Waals surface area contributed by atoms with Crippen LogP contribution in [0.15, 0.2) is 36.4 Å². The van der Waals surface area contributed by atoms with Crippen molar-refractivity contribution in [3.05, 3.63) is 53.7 Å². The molecule has 8 rings (SSSR count). The lowest BCUT2D eigenvalue weighted by Gasteiger charge is -2.40. The maximum absolute atomic E-state index is 15.7. The number of nitrogens with two attached hydrogens (primary N) is 1. The van der Waals surface area contributed by atoms with Crippen LogP contribution in [0.4, 0.5) is 52.9 Å². The summed E-state index contributed by atoms with van der Waals surface area (Å²) in [6, 6.07) is 9.09. The van der Waals surface area contributed by atoms with Gasteiger partial charge in [-0.25, -0.2) is 18.4 Å². The molecular formula is C39H49F2N13O4. The SMILES string of the molecule is CN1CCN([C@@H]2CCCN(c3nnc(C(N)=O)c(Nc4ccc(N5CCN(CC6CCN(c7ccc(N8CCC(=O)NC8=O)cc7F)CC6)CC5)c(F)c4)n3)C2)C1=O. The Morgan fingerprint density at radius 1 is 0.845 bits per heavy atom. The van der Waals surface area contributed by atoms with Gasteiger partial charge in [0, 0.05) is 103 Å². The van der Waals surface area contributed by atoms with Crippen LogP contribution in [0.1, 0.15) is 42.6 Å². The fourth-order valence-electron chi connectivity index (χ4n) is 8.70. The molecule has 1 atom stereocenters. The zero-order valence-electron chi connectivity index (χ0n) is 32.6. The summed E-state index contributed by atoms with van der Waals surface area (Å²) in [5.41, 5.74) is 7.26. The number of primary amides is 1. The van der Waals surface area contributed by atoms with E-state index in [1.165, 1.54) is 17.0 Å². The lowest BCUT2D eigenvalue weighted by Crippen LogP contribution is -2.49. The van der Waals surface area contributed by atoms with Gasteiger partial charge in [0.05, 0.1) is 17.4 Å². The molecule has 19 heteroatoms. The minimum Gasteiger partial charge on any atom is -0.369 e. The van der Waals surface area contributed by atoms with Crippen LogP contribution in [-0.2, 0) is 4.79 Å². The zero-order valence-corrected chi connectivity index (χ0v) is 32.6. The summed E-state index contributed by atoms with van der Waals surface area (Å²) in [4.78, 5) is 66.6. The molecule has 6 amide bonds. The Morgan fingerprint density at radius 2 is 1.57 bits per heavy atom. The number of nitrogens with zero attached hydrogens (tertiary/aromatic N) is 10. The Kier molecular flexibility index (Phi) is 11.1. The van der Waals surface area contributed by atoms with Gasteiger partial charge in [0.25, 0.3) is 5.91 Å². The van der Waals surface area contributed by atoms with Gasteiger partial charge in [0.15, 0.2) is 11.5 Å². The number of urea groups is 2. The van der Waals surface area contributed by atoms with Crippen LogP contribution in [-0.4, -0.2) is 145 Å². The van der Waals surface area contributed by atoms with Gasteiger partial charge >= 0.3 is 12.1 Å². The predicted molar refractivity (Wildman–Crippen MR) is 213 cm³/mol. The molecule has 308 valence electrons. The van der Waals surface area contributed by atoms with Crippen LogP contribution in [0.2, 0.25) is 0 Å². The number of nitrogens with one attached hydrogen (secondary N) is 2. The molecule has 0 unspecified atom stereocenters. The van der Waals surface area contributed by atoms with Crippen molar-refractivity contribution >= 4 is 58.4 Å². The van der Waals surface area contributed by atoms with E-state index in [4.69, 9.17) is 5.73 Å². The van der Waals surface area contributed by atoms with Gasteiger partial charge in [0.2, 0.25) is 11.9 Å². The molecule has 5 saturated heterocycles. The monoisotopic (exact) mass is 801 g/mol. The summed E-state index contributed by atoms with van der Waals surface area (Å²) in [5.74, 6) is -1.13. The van der Waals surface area contributed by atoms with Gasteiger partial charge < -0.3 is 35.6 Å². The summed E-state index contributed by atoms with van der Waals surface area (Å²) in [5, 5.41) is 13.6. The van der Waals surface area contributed by atoms with E-state index in [2.05, 4.69) is 30.7 Å². The van der Waals surface area contributed by atoms with Crippen LogP contribution in [0.5, 0.6) is 0 Å². The van der Waals surface area contributed by atoms with E-state index in [0.717, 1.165) is 58.4 Å². The number of halogens is 2. The second kappa shape index (κ2) is 16.6. The first-order valence-electron chi connectivity index (χ1n) is 20.0. The molecule has 4 N–H and O–H groups in total. The average Bonchev–Trinajstić information content (AvgIpc) is 3.55. The third kappa shape index (κ3) is 8.25. The topological polar surface area (TPSA) is 180 Å². The summed E-state index contributed by atoms with van der Waals surface area (Å²) >= 11 is 0. The van der Waals surface area contributed by atoms with E-state index < -0.39 is 23.6 Å². The first-order chi connectivity index (χ1) is 28.0. The number of rotatable bonds is 10. The number of hydrogen-bond acceptors (Lipinski definition) is 12. The molecule has 5 fully saturated rings. The Balaban J connectivity index is 0.831. The number of imide groups is 1. The lowest BCUT2D eigenvalue weighted by molar-refractivity contribution is -0.120. The van der Waals surface area contributed by atoms with Crippen molar-refractivity contribution < 1.29 is 28.0 Å². The molecule has 0 spiro atoms. The summed E-state index contributed by atoms with van der Waals surface area (Å²) in [7, 11) is 1.79. The van der Waals surface area contributed by atoms with Crippen LogP contribution in [0.3, 0.4) is 0 Å². The second-order valence-electron chi connectivity index (χ2n) is 15.7. The molecule has 0 bridgehead atoms. The number of amides is 6. The lowest BCUT2D eigenvalue weighted by atomic mass is 9.95. The van der Waals surface area contributed by atoms with E-state index in [1.54, 1.807) is 36.2 Å². The standard InChI is InChI=1S/C39H49F2N13O4/c1-48-15-20-54(39(48)58)28-3-2-11-52(24-28)37-45-36(34(35(42)56)46-47-37)43-26-4-6-31(29(40)21-26)51-18-16-49(17-19-51)23-25-8-12-50(13-9-25)32-7-5-27(22-30(32)41)53-14-10-33(55)44-38(53)57/h4-7,21-22,25,28H,2-3,8-20,23-24H2,1H3,(H2,42,56)(H,43,45,47)(H,44,55,57)/t28-/m1/s1. The van der Waals surface area contributed by atoms with Gasteiger partial charge in [-0.1, -0.05) is 0 Å². The smallest absolute Gasteiger partial charge is 0.328 e. The third-order valence-electron chi connectivity index (χ3n) is 12.0. The van der Waals surface area contributed by atoms with Crippen molar-refractivity contribution in [1.29, 1.82) is 0 Å². The minimum atomic E-state index is -0.817. The highest BCUT2D eigenvalue weighted by atomic mass is 19.1. The second-order valence-corrected chi connectivity index (χ2v) is 15.7. The highest BCUT2D eigenvalue weighted by molar-refractivity contribution is 6.05. The number of hydrogen-bond donors (Lipinski definition) is 3. The third-order valence-corrected chi connectivity index (χ3v) is 12.0. The van der Waals surface area contributed by atoms with Gasteiger partial charge in [-0.3, -0.25) is 24.7 Å². The zero-order chi connectivity index (χ0) is 40.5. The Bertz CT molecular complexity index is 2060. The number of carbonyl (C=O) groups excluding carboxylic acids is 4. The van der Waals surface area contributed by atoms with Crippen LogP contribution < -0.4 is 36.0 Å². The average molecular weight is 802 g/mol. The molecule has 0 aliphatic carbocycles. The molecule has 5 aliphatic rings. The Hall–Kier alpha value is -5.85. The molecule has 0 saturated carbocycles. The summed E-state index contributed by atoms with van der Waals surface area (Å²) < 4.78 is 30.9. The van der Waals surface area contributed by atoms with E-state index in [-0.39, 0.29) is 42.5 Å². The van der Waals surface area contributed by atoms with E-state index in [9.17, 15) is 19.2 Å². The Morgan fingerprint density at radius 3 is 2.24 bits per heavy atom. The van der Waals surface area contributed by atoms with Gasteiger partial charge in [-0.2, -0.15) is 4.98 Å². The van der Waals surface area contributed by atoms with Crippen molar-refractivity contribution in [2.75, 3.05) is 111 Å². The van der Waals surface area contributed by atoms with E-state index >= 15 is 8.78 Å². The van der Waals surface area contributed by atoms with Crippen molar-refractivity contribution in [2.45, 2.75) is 38.1 Å². The fourth-order valence-corrected chi connectivity index (χ4v) is 8.70. The molecule has 2 aromatic carbocycles. The maximum atomic E-state index is 15.7.